The van der Waals surface area contributed by atoms with Gasteiger partial charge < -0.3 is 31.1 Å². The number of sulfonamides is 1. The van der Waals surface area contributed by atoms with Crippen LogP contribution in [0.2, 0.25) is 0 Å². The third-order valence-corrected chi connectivity index (χ3v) is 9.49. The minimum absolute atomic E-state index is 0.00364. The zero-order valence-electron chi connectivity index (χ0n) is 26.0. The molecule has 2 aromatic carbocycles. The number of carboxylic acids is 1. The quantitative estimate of drug-likeness (QED) is 0.183. The van der Waals surface area contributed by atoms with Gasteiger partial charge in [0.1, 0.15) is 12.6 Å². The van der Waals surface area contributed by atoms with Crippen LogP contribution in [0, 0.1) is 20.8 Å². The van der Waals surface area contributed by atoms with Crippen molar-refractivity contribution in [2.24, 2.45) is 5.73 Å². The molecule has 46 heavy (non-hydrogen) atoms. The van der Waals surface area contributed by atoms with Crippen LogP contribution in [-0.4, -0.2) is 79.2 Å². The molecule has 4 rings (SSSR count). The maximum atomic E-state index is 13.3. The molecule has 6 N–H and O–H groups in total. The normalized spacial score (nSPS) is 17.7. The smallest absolute Gasteiger partial charge is 0.323 e. The predicted octanol–water partition coefficient (Wildman–Crippen LogP) is 1.92. The topological polar surface area (TPSA) is 193 Å². The van der Waals surface area contributed by atoms with Crippen LogP contribution in [0.3, 0.4) is 0 Å². The zero-order valence-corrected chi connectivity index (χ0v) is 26.8. The number of aryl methyl sites for hydroxylation is 3. The zero-order chi connectivity index (χ0) is 33.4. The number of nitrogens with one attached hydrogen (secondary N) is 3. The number of aromatic nitrogens is 1. The van der Waals surface area contributed by atoms with Gasteiger partial charge in [0.25, 0.3) is 0 Å². The molecule has 0 spiro atoms. The summed E-state index contributed by atoms with van der Waals surface area (Å²) < 4.78 is 34.2. The molecule has 4 atom stereocenters. The average Bonchev–Trinajstić information content (AvgIpc) is 3.45. The highest BCUT2D eigenvalue weighted by molar-refractivity contribution is 7.89. The van der Waals surface area contributed by atoms with Crippen LogP contribution in [0.5, 0.6) is 0 Å². The number of rotatable bonds is 13. The van der Waals surface area contributed by atoms with Crippen molar-refractivity contribution in [2.45, 2.75) is 62.9 Å². The van der Waals surface area contributed by atoms with E-state index in [0.29, 0.717) is 29.8 Å². The maximum absolute atomic E-state index is 13.3. The number of likely N-dealkylation sites (tertiary alicyclic amines) is 1. The van der Waals surface area contributed by atoms with E-state index in [4.69, 9.17) is 10.5 Å². The van der Waals surface area contributed by atoms with E-state index in [-0.39, 0.29) is 17.5 Å². The number of nitrogens with zero attached hydrogens (tertiary/aromatic N) is 2. The number of nitrogens with two attached hydrogens (primary N) is 1. The second-order valence-electron chi connectivity index (χ2n) is 11.4. The molecule has 4 unspecified atom stereocenters. The van der Waals surface area contributed by atoms with Gasteiger partial charge in [-0.05, 0) is 56.0 Å². The largest absolute Gasteiger partial charge is 0.480 e. The molecule has 3 amide bonds. The predicted molar refractivity (Wildman–Crippen MR) is 170 cm³/mol. The Morgan fingerprint density at radius 3 is 2.35 bits per heavy atom. The standard InChI is InChI=1S/C32H40N6O7S/c1-20-13-21(2)30(22(3)14-20)46(43,44)37-26(31(40)41)17-35-28(39)19-45-24-15-27(29(33)25-11-7-8-12-34-25)38(18-24)32(42)36-16-23-9-5-4-6-10-23/h4-14,24,26-27,29,37H,15-19,33H2,1-3H3,(H,35,39)(H,36,42)(H,40,41). The number of carboxylic acid groups (broad SMARTS) is 1. The molecule has 0 aliphatic carbocycles. The molecule has 0 radical (unpaired) electrons. The fourth-order valence-electron chi connectivity index (χ4n) is 5.64. The van der Waals surface area contributed by atoms with Crippen LogP contribution in [0.15, 0.2) is 71.8 Å². The van der Waals surface area contributed by atoms with Crippen LogP contribution < -0.4 is 21.1 Å². The second-order valence-corrected chi connectivity index (χ2v) is 13.0. The summed E-state index contributed by atoms with van der Waals surface area (Å²) in [6.45, 7) is 4.62. The molecule has 2 heterocycles. The average molecular weight is 653 g/mol. The Balaban J connectivity index is 1.36. The number of carbonyl (C=O) groups excluding carboxylic acids is 2. The van der Waals surface area contributed by atoms with Crippen LogP contribution in [0.1, 0.15) is 40.4 Å². The Kier molecular flexibility index (Phi) is 11.5. The fraction of sp³-hybridized carbons (Fsp3) is 0.375. The molecular formula is C32H40N6O7S. The molecule has 0 bridgehead atoms. The molecule has 1 aliphatic rings. The summed E-state index contributed by atoms with van der Waals surface area (Å²) in [5.41, 5.74) is 9.91. The van der Waals surface area contributed by atoms with Gasteiger partial charge in [-0.2, -0.15) is 4.72 Å². The van der Waals surface area contributed by atoms with Gasteiger partial charge in [-0.15, -0.1) is 0 Å². The lowest BCUT2D eigenvalue weighted by molar-refractivity contribution is -0.139. The Hall–Kier alpha value is -4.37. The number of hydrogen-bond acceptors (Lipinski definition) is 8. The molecule has 0 saturated carbocycles. The first-order valence-corrected chi connectivity index (χ1v) is 16.3. The van der Waals surface area contributed by atoms with E-state index < -0.39 is 59.3 Å². The molecule has 1 fully saturated rings. The highest BCUT2D eigenvalue weighted by Crippen LogP contribution is 2.29. The van der Waals surface area contributed by atoms with E-state index in [1.54, 1.807) is 49.2 Å². The van der Waals surface area contributed by atoms with Crippen molar-refractivity contribution < 1.29 is 32.6 Å². The van der Waals surface area contributed by atoms with Gasteiger partial charge in [0.05, 0.1) is 28.8 Å². The molecule has 1 aliphatic heterocycles. The number of ether oxygens (including phenoxy) is 1. The van der Waals surface area contributed by atoms with Gasteiger partial charge >= 0.3 is 12.0 Å². The number of pyridine rings is 1. The lowest BCUT2D eigenvalue weighted by atomic mass is 10.0. The SMILES string of the molecule is Cc1cc(C)c(S(=O)(=O)NC(CNC(=O)COC2CC(C(N)c3ccccn3)N(C(=O)NCc3ccccc3)C2)C(=O)O)c(C)c1. The fourth-order valence-corrected chi connectivity index (χ4v) is 7.28. The summed E-state index contributed by atoms with van der Waals surface area (Å²) in [5.74, 6) is -2.10. The van der Waals surface area contributed by atoms with Gasteiger partial charge in [-0.3, -0.25) is 14.6 Å². The number of carbonyl (C=O) groups is 3. The monoisotopic (exact) mass is 652 g/mol. The van der Waals surface area contributed by atoms with Crippen LogP contribution in [0.25, 0.3) is 0 Å². The van der Waals surface area contributed by atoms with Crippen molar-refractivity contribution in [3.05, 3.63) is 94.8 Å². The van der Waals surface area contributed by atoms with Crippen molar-refractivity contribution in [3.63, 3.8) is 0 Å². The minimum Gasteiger partial charge on any atom is -0.480 e. The number of hydrogen-bond donors (Lipinski definition) is 5. The summed E-state index contributed by atoms with van der Waals surface area (Å²) in [4.78, 5) is 43.8. The van der Waals surface area contributed by atoms with E-state index in [1.165, 1.54) is 0 Å². The Bertz CT molecular complexity index is 1620. The van der Waals surface area contributed by atoms with E-state index in [2.05, 4.69) is 20.3 Å². The number of aliphatic carboxylic acids is 1. The highest BCUT2D eigenvalue weighted by Gasteiger charge is 2.40. The number of amides is 3. The van der Waals surface area contributed by atoms with Crippen LogP contribution in [-0.2, 0) is 30.9 Å². The van der Waals surface area contributed by atoms with Gasteiger partial charge in [0.2, 0.25) is 15.9 Å². The van der Waals surface area contributed by atoms with Crippen molar-refractivity contribution in [1.82, 2.24) is 25.2 Å². The Labute approximate surface area is 268 Å². The number of benzene rings is 2. The van der Waals surface area contributed by atoms with E-state index in [0.717, 1.165) is 11.1 Å². The molecule has 13 nitrogen and oxygen atoms in total. The summed E-state index contributed by atoms with van der Waals surface area (Å²) in [6, 6.07) is 15.1. The lowest BCUT2D eigenvalue weighted by Gasteiger charge is -2.29. The first-order chi connectivity index (χ1) is 21.9. The Morgan fingerprint density at radius 1 is 1.04 bits per heavy atom. The van der Waals surface area contributed by atoms with Crippen molar-refractivity contribution in [1.29, 1.82) is 0 Å². The first-order valence-electron chi connectivity index (χ1n) is 14.8. The summed E-state index contributed by atoms with van der Waals surface area (Å²) in [7, 11) is -4.20. The summed E-state index contributed by atoms with van der Waals surface area (Å²) in [5, 5.41) is 15.0. The van der Waals surface area contributed by atoms with Crippen molar-refractivity contribution in [3.8, 4) is 0 Å². The molecule has 1 saturated heterocycles. The maximum Gasteiger partial charge on any atom is 0.323 e. The van der Waals surface area contributed by atoms with Gasteiger partial charge in [0.15, 0.2) is 0 Å². The third-order valence-electron chi connectivity index (χ3n) is 7.72. The molecule has 3 aromatic rings. The molecule has 1 aromatic heterocycles. The molecular weight excluding hydrogens is 612 g/mol. The van der Waals surface area contributed by atoms with Crippen LogP contribution >= 0.6 is 0 Å². The summed E-state index contributed by atoms with van der Waals surface area (Å²) in [6.07, 6.45) is 1.40. The van der Waals surface area contributed by atoms with Gasteiger partial charge in [0, 0.05) is 25.8 Å². The van der Waals surface area contributed by atoms with Crippen LogP contribution in [0.4, 0.5) is 4.79 Å². The van der Waals surface area contributed by atoms with Crippen molar-refractivity contribution in [2.75, 3.05) is 19.7 Å². The van der Waals surface area contributed by atoms with E-state index in [1.807, 2.05) is 43.3 Å². The number of urea groups is 1. The summed E-state index contributed by atoms with van der Waals surface area (Å²) >= 11 is 0. The molecule has 246 valence electrons. The minimum atomic E-state index is -4.20. The van der Waals surface area contributed by atoms with E-state index >= 15 is 0 Å². The van der Waals surface area contributed by atoms with Gasteiger partial charge in [-0.25, -0.2) is 13.2 Å². The van der Waals surface area contributed by atoms with Crippen molar-refractivity contribution >= 4 is 27.9 Å². The Morgan fingerprint density at radius 2 is 1.72 bits per heavy atom. The lowest BCUT2D eigenvalue weighted by Crippen LogP contribution is -2.49. The third kappa shape index (κ3) is 8.88. The second kappa shape index (κ2) is 15.3. The van der Waals surface area contributed by atoms with Gasteiger partial charge in [-0.1, -0.05) is 54.1 Å². The first kappa shape index (κ1) is 34.5. The molecule has 14 heteroatoms. The van der Waals surface area contributed by atoms with E-state index in [9.17, 15) is 27.9 Å². The highest BCUT2D eigenvalue weighted by atomic mass is 32.2.